The molecule has 0 N–H and O–H groups in total. The van der Waals surface area contributed by atoms with Crippen LogP contribution >= 0.6 is 0 Å². The molecule has 0 spiro atoms. The number of nitrogens with zero attached hydrogens (tertiary/aromatic N) is 4. The van der Waals surface area contributed by atoms with Crippen molar-refractivity contribution in [3.8, 4) is 73.2 Å². The third kappa shape index (κ3) is 6.45. The fourth-order valence-corrected chi connectivity index (χ4v) is 10.2. The molecule has 0 bridgehead atoms. The summed E-state index contributed by atoms with van der Waals surface area (Å²) in [5, 5.41) is 6.52. The molecule has 0 radical (unpaired) electrons. The van der Waals surface area contributed by atoms with Crippen LogP contribution in [0.15, 0.2) is 239 Å². The summed E-state index contributed by atoms with van der Waals surface area (Å²) in [6.07, 6.45) is 0. The molecule has 69 heavy (non-hydrogen) atoms. The fourth-order valence-electron chi connectivity index (χ4n) is 10.2. The molecule has 0 fully saturated rings. The molecule has 4 aromatic heterocycles. The second-order valence-electron chi connectivity index (χ2n) is 17.5. The minimum atomic E-state index is 0.546. The van der Waals surface area contributed by atoms with Crippen molar-refractivity contribution in [2.75, 3.05) is 0 Å². The van der Waals surface area contributed by atoms with E-state index in [-0.39, 0.29) is 0 Å². The minimum Gasteiger partial charge on any atom is -0.456 e. The van der Waals surface area contributed by atoms with E-state index in [1.54, 1.807) is 0 Å². The van der Waals surface area contributed by atoms with Crippen molar-refractivity contribution in [2.45, 2.75) is 0 Å². The molecule has 0 saturated heterocycles. The summed E-state index contributed by atoms with van der Waals surface area (Å²) in [5.74, 6) is 1.68. The van der Waals surface area contributed by atoms with Crippen LogP contribution in [0.4, 0.5) is 0 Å². The molecule has 0 aliphatic carbocycles. The lowest BCUT2D eigenvalue weighted by Gasteiger charge is -2.11. The SMILES string of the molecule is c1ccc(-c2nc(-c3cc(-c4ccccc4)c4c(c3)oc3ccccc34)nc(-c3cccc4oc5ccc(-c6ccc(-c7ccc8c(c7)c7ccccc7n8-c7ccccc7)cc6)cc5c34)n2)cc1. The minimum absolute atomic E-state index is 0.546. The Balaban J connectivity index is 0.882. The molecule has 0 amide bonds. The van der Waals surface area contributed by atoms with Gasteiger partial charge in [-0.25, -0.2) is 15.0 Å². The second kappa shape index (κ2) is 15.6. The lowest BCUT2D eigenvalue weighted by atomic mass is 9.96. The van der Waals surface area contributed by atoms with Gasteiger partial charge in [-0.3, -0.25) is 0 Å². The summed E-state index contributed by atoms with van der Waals surface area (Å²) in [7, 11) is 0. The molecule has 0 saturated carbocycles. The number of hydrogen-bond donors (Lipinski definition) is 0. The van der Waals surface area contributed by atoms with E-state index in [0.717, 1.165) is 94.1 Å². The van der Waals surface area contributed by atoms with Crippen LogP contribution in [0, 0.1) is 0 Å². The summed E-state index contributed by atoms with van der Waals surface area (Å²) in [4.78, 5) is 15.7. The van der Waals surface area contributed by atoms with Crippen LogP contribution in [0.1, 0.15) is 0 Å². The number of rotatable bonds is 7. The van der Waals surface area contributed by atoms with E-state index < -0.39 is 0 Å². The Morgan fingerprint density at radius 1 is 0.275 bits per heavy atom. The summed E-state index contributed by atoms with van der Waals surface area (Å²) in [6, 6.07) is 80.4. The van der Waals surface area contributed by atoms with Gasteiger partial charge in [-0.2, -0.15) is 0 Å². The topological polar surface area (TPSA) is 69.9 Å². The Morgan fingerprint density at radius 2 is 0.812 bits per heavy atom. The van der Waals surface area contributed by atoms with Gasteiger partial charge in [0.25, 0.3) is 0 Å². The number of hydrogen-bond acceptors (Lipinski definition) is 5. The lowest BCUT2D eigenvalue weighted by Crippen LogP contribution is -2.00. The average Bonchev–Trinajstić information content (AvgIpc) is 4.10. The van der Waals surface area contributed by atoms with Gasteiger partial charge >= 0.3 is 0 Å². The third-order valence-electron chi connectivity index (χ3n) is 13.5. The zero-order valence-electron chi connectivity index (χ0n) is 37.0. The van der Waals surface area contributed by atoms with E-state index in [1.807, 2.05) is 60.7 Å². The smallest absolute Gasteiger partial charge is 0.164 e. The molecule has 0 atom stereocenters. The molecular formula is C63H38N4O2. The van der Waals surface area contributed by atoms with Crippen molar-refractivity contribution >= 4 is 65.7 Å². The summed E-state index contributed by atoms with van der Waals surface area (Å²) in [6.45, 7) is 0. The number of benzene rings is 10. The maximum Gasteiger partial charge on any atom is 0.164 e. The van der Waals surface area contributed by atoms with E-state index in [4.69, 9.17) is 23.8 Å². The molecule has 6 nitrogen and oxygen atoms in total. The van der Waals surface area contributed by atoms with Gasteiger partial charge in [0.05, 0.1) is 11.0 Å². The molecule has 14 aromatic rings. The summed E-state index contributed by atoms with van der Waals surface area (Å²) >= 11 is 0. The molecule has 14 rings (SSSR count). The van der Waals surface area contributed by atoms with Gasteiger partial charge in [0.2, 0.25) is 0 Å². The monoisotopic (exact) mass is 882 g/mol. The molecule has 322 valence electrons. The first kappa shape index (κ1) is 38.8. The van der Waals surface area contributed by atoms with Crippen molar-refractivity contribution in [2.24, 2.45) is 0 Å². The van der Waals surface area contributed by atoms with E-state index in [2.05, 4.69) is 174 Å². The van der Waals surface area contributed by atoms with Crippen LogP contribution in [-0.4, -0.2) is 19.5 Å². The third-order valence-corrected chi connectivity index (χ3v) is 13.5. The van der Waals surface area contributed by atoms with Crippen molar-refractivity contribution < 1.29 is 8.83 Å². The first-order valence-corrected chi connectivity index (χ1v) is 23.2. The van der Waals surface area contributed by atoms with E-state index in [0.29, 0.717) is 17.5 Å². The van der Waals surface area contributed by atoms with Crippen LogP contribution in [0.25, 0.3) is 139 Å². The Morgan fingerprint density at radius 3 is 1.58 bits per heavy atom. The van der Waals surface area contributed by atoms with Crippen LogP contribution in [0.5, 0.6) is 0 Å². The quantitative estimate of drug-likeness (QED) is 0.159. The van der Waals surface area contributed by atoms with Crippen molar-refractivity contribution in [3.63, 3.8) is 0 Å². The fraction of sp³-hybridized carbons (Fsp3) is 0. The van der Waals surface area contributed by atoms with Gasteiger partial charge in [-0.1, -0.05) is 164 Å². The van der Waals surface area contributed by atoms with Gasteiger partial charge in [0.15, 0.2) is 17.5 Å². The largest absolute Gasteiger partial charge is 0.456 e. The van der Waals surface area contributed by atoms with Crippen LogP contribution < -0.4 is 0 Å². The molecule has 0 aliphatic heterocycles. The first-order valence-electron chi connectivity index (χ1n) is 23.2. The highest BCUT2D eigenvalue weighted by atomic mass is 16.3. The molecule has 10 aromatic carbocycles. The van der Waals surface area contributed by atoms with E-state index in [1.165, 1.54) is 27.4 Å². The Hall–Kier alpha value is -9.39. The van der Waals surface area contributed by atoms with E-state index >= 15 is 0 Å². The van der Waals surface area contributed by atoms with Crippen LogP contribution in [0.2, 0.25) is 0 Å². The Bertz CT molecular complexity index is 4290. The normalized spacial score (nSPS) is 11.8. The summed E-state index contributed by atoms with van der Waals surface area (Å²) < 4.78 is 15.5. The second-order valence-corrected chi connectivity index (χ2v) is 17.5. The maximum absolute atomic E-state index is 6.56. The molecule has 4 heterocycles. The zero-order valence-corrected chi connectivity index (χ0v) is 37.0. The summed E-state index contributed by atoms with van der Waals surface area (Å²) in [5.41, 5.74) is 15.9. The van der Waals surface area contributed by atoms with Gasteiger partial charge in [0.1, 0.15) is 22.3 Å². The van der Waals surface area contributed by atoms with E-state index in [9.17, 15) is 0 Å². The number of para-hydroxylation sites is 3. The predicted octanol–water partition coefficient (Wildman–Crippen LogP) is 16.8. The average molecular weight is 883 g/mol. The lowest BCUT2D eigenvalue weighted by molar-refractivity contribution is 0.668. The van der Waals surface area contributed by atoms with Gasteiger partial charge < -0.3 is 13.4 Å². The van der Waals surface area contributed by atoms with Crippen molar-refractivity contribution in [1.82, 2.24) is 19.5 Å². The standard InChI is InChI=1S/C63H38N4O2/c1-4-15-41(16-5-1)50-37-45(38-58-59(50)48-22-11-13-25-55(48)69-58)62-64-61(42-17-6-2-7-18-42)65-63(66-62)49-23-14-26-57-60(49)52-36-44(32-34-56(52)68-57)40-29-27-39(28-30-40)43-31-33-54-51(35-43)47-21-10-12-24-53(47)67(54)46-19-8-3-9-20-46/h1-38H. The Labute approximate surface area is 396 Å². The van der Waals surface area contributed by atoms with Gasteiger partial charge in [-0.05, 0) is 100 Å². The molecular weight excluding hydrogens is 845 g/mol. The molecule has 6 heteroatoms. The van der Waals surface area contributed by atoms with Crippen molar-refractivity contribution in [3.05, 3.63) is 231 Å². The highest BCUT2D eigenvalue weighted by molar-refractivity contribution is 6.15. The predicted molar refractivity (Wildman–Crippen MR) is 281 cm³/mol. The first-order chi connectivity index (χ1) is 34.2. The van der Waals surface area contributed by atoms with Crippen LogP contribution in [0.3, 0.4) is 0 Å². The number of aromatic nitrogens is 4. The Kier molecular flexibility index (Phi) is 8.79. The number of furan rings is 2. The highest BCUT2D eigenvalue weighted by Gasteiger charge is 2.21. The van der Waals surface area contributed by atoms with Gasteiger partial charge in [0, 0.05) is 54.7 Å². The maximum atomic E-state index is 6.56. The molecule has 0 aliphatic rings. The molecule has 0 unspecified atom stereocenters. The van der Waals surface area contributed by atoms with Gasteiger partial charge in [-0.15, -0.1) is 0 Å². The highest BCUT2D eigenvalue weighted by Crippen LogP contribution is 2.42. The number of fused-ring (bicyclic) bond motifs is 9. The zero-order chi connectivity index (χ0) is 45.4. The van der Waals surface area contributed by atoms with Crippen LogP contribution in [-0.2, 0) is 0 Å². The van der Waals surface area contributed by atoms with Crippen molar-refractivity contribution in [1.29, 1.82) is 0 Å².